The van der Waals surface area contributed by atoms with Gasteiger partial charge in [0.2, 0.25) is 10.0 Å². The molecular weight excluding hydrogens is 356 g/mol. The van der Waals surface area contributed by atoms with Gasteiger partial charge in [0.15, 0.2) is 6.61 Å². The van der Waals surface area contributed by atoms with Crippen molar-refractivity contribution in [2.45, 2.75) is 38.0 Å². The van der Waals surface area contributed by atoms with Gasteiger partial charge in [0.25, 0.3) is 5.91 Å². The first-order valence-corrected chi connectivity index (χ1v) is 10.3. The second-order valence-corrected chi connectivity index (χ2v) is 8.70. The summed E-state index contributed by atoms with van der Waals surface area (Å²) in [6.07, 6.45) is 2.77. The van der Waals surface area contributed by atoms with Gasteiger partial charge in [-0.15, -0.1) is 0 Å². The smallest absolute Gasteiger partial charge is 0.338 e. The zero-order valence-electron chi connectivity index (χ0n) is 15.2. The van der Waals surface area contributed by atoms with E-state index in [4.69, 9.17) is 4.74 Å². The lowest BCUT2D eigenvalue weighted by Crippen LogP contribution is -2.35. The summed E-state index contributed by atoms with van der Waals surface area (Å²) in [6.45, 7) is 5.13. The Morgan fingerprint density at radius 3 is 2.31 bits per heavy atom. The molecule has 0 bridgehead atoms. The Hall–Kier alpha value is -1.93. The van der Waals surface area contributed by atoms with Gasteiger partial charge in [-0.1, -0.05) is 20.3 Å². The number of ether oxygens (including phenoxy) is 1. The molecule has 0 aromatic heterocycles. The zero-order valence-corrected chi connectivity index (χ0v) is 16.0. The van der Waals surface area contributed by atoms with Crippen LogP contribution in [0.3, 0.4) is 0 Å². The van der Waals surface area contributed by atoms with E-state index in [1.165, 1.54) is 28.6 Å². The van der Waals surface area contributed by atoms with Gasteiger partial charge in [0.05, 0.1) is 10.5 Å². The van der Waals surface area contributed by atoms with Crippen LogP contribution < -0.4 is 5.32 Å². The lowest BCUT2D eigenvalue weighted by Gasteiger charge is -2.25. The van der Waals surface area contributed by atoms with E-state index >= 15 is 0 Å². The third-order valence-corrected chi connectivity index (χ3v) is 6.00. The third-order valence-electron chi connectivity index (χ3n) is 4.08. The second kappa shape index (κ2) is 9.14. The van der Waals surface area contributed by atoms with E-state index in [2.05, 4.69) is 5.32 Å². The number of rotatable bonds is 7. The minimum Gasteiger partial charge on any atom is -0.452 e. The molecule has 1 aliphatic rings. The van der Waals surface area contributed by atoms with E-state index in [9.17, 15) is 18.0 Å². The molecule has 0 spiro atoms. The van der Waals surface area contributed by atoms with Gasteiger partial charge in [-0.05, 0) is 43.0 Å². The van der Waals surface area contributed by atoms with Crippen molar-refractivity contribution in [1.82, 2.24) is 9.62 Å². The average molecular weight is 382 g/mol. The number of sulfonamides is 1. The second-order valence-electron chi connectivity index (χ2n) is 6.76. The third kappa shape index (κ3) is 5.54. The van der Waals surface area contributed by atoms with Gasteiger partial charge in [-0.25, -0.2) is 13.2 Å². The molecule has 0 saturated carbocycles. The van der Waals surface area contributed by atoms with Crippen LogP contribution in [0.2, 0.25) is 0 Å². The SMILES string of the molecule is CC(C)CNC(=O)COC(=O)c1ccc(S(=O)(=O)N2CCCCC2)cc1. The maximum atomic E-state index is 12.6. The number of esters is 1. The summed E-state index contributed by atoms with van der Waals surface area (Å²) in [5, 5.41) is 2.65. The van der Waals surface area contributed by atoms with Crippen molar-refractivity contribution in [3.8, 4) is 0 Å². The fourth-order valence-electron chi connectivity index (χ4n) is 2.60. The molecule has 144 valence electrons. The minimum absolute atomic E-state index is 0.158. The van der Waals surface area contributed by atoms with Crippen LogP contribution in [0.25, 0.3) is 0 Å². The Morgan fingerprint density at radius 2 is 1.73 bits per heavy atom. The Kier molecular flexibility index (Phi) is 7.16. The van der Waals surface area contributed by atoms with Crippen LogP contribution in [0.5, 0.6) is 0 Å². The highest BCUT2D eigenvalue weighted by Gasteiger charge is 2.26. The normalized spacial score (nSPS) is 15.7. The van der Waals surface area contributed by atoms with E-state index in [1.807, 2.05) is 13.8 Å². The molecule has 1 amide bonds. The molecule has 1 heterocycles. The molecule has 0 aliphatic carbocycles. The zero-order chi connectivity index (χ0) is 19.2. The van der Waals surface area contributed by atoms with E-state index < -0.39 is 16.0 Å². The Labute approximate surface area is 154 Å². The van der Waals surface area contributed by atoms with Gasteiger partial charge in [-0.3, -0.25) is 4.79 Å². The number of hydrogen-bond donors (Lipinski definition) is 1. The van der Waals surface area contributed by atoms with E-state index in [-0.39, 0.29) is 23.0 Å². The highest BCUT2D eigenvalue weighted by atomic mass is 32.2. The molecule has 0 atom stereocenters. The van der Waals surface area contributed by atoms with Gasteiger partial charge in [0, 0.05) is 19.6 Å². The average Bonchev–Trinajstić information content (AvgIpc) is 2.65. The number of nitrogens with zero attached hydrogens (tertiary/aromatic N) is 1. The Balaban J connectivity index is 1.93. The molecule has 0 unspecified atom stereocenters. The fraction of sp³-hybridized carbons (Fsp3) is 0.556. The molecule has 1 aromatic carbocycles. The monoisotopic (exact) mass is 382 g/mol. The standard InChI is InChI=1S/C18H26N2O5S/c1-14(2)12-19-17(21)13-25-18(22)15-6-8-16(9-7-15)26(23,24)20-10-4-3-5-11-20/h6-9,14H,3-5,10-13H2,1-2H3,(H,19,21). The summed E-state index contributed by atoms with van der Waals surface area (Å²) >= 11 is 0. The lowest BCUT2D eigenvalue weighted by atomic mass is 10.2. The minimum atomic E-state index is -3.53. The van der Waals surface area contributed by atoms with Crippen molar-refractivity contribution in [1.29, 1.82) is 0 Å². The largest absolute Gasteiger partial charge is 0.452 e. The summed E-state index contributed by atoms with van der Waals surface area (Å²) in [7, 11) is -3.53. The molecular formula is C18H26N2O5S. The van der Waals surface area contributed by atoms with Gasteiger partial charge in [0.1, 0.15) is 0 Å². The Bertz CT molecular complexity index is 722. The summed E-state index contributed by atoms with van der Waals surface area (Å²) in [5.74, 6) is -0.716. The van der Waals surface area contributed by atoms with Crippen molar-refractivity contribution in [2.75, 3.05) is 26.2 Å². The fourth-order valence-corrected chi connectivity index (χ4v) is 4.12. The van der Waals surface area contributed by atoms with Gasteiger partial charge >= 0.3 is 5.97 Å². The highest BCUT2D eigenvalue weighted by Crippen LogP contribution is 2.21. The maximum Gasteiger partial charge on any atom is 0.338 e. The summed E-state index contributed by atoms with van der Waals surface area (Å²) in [5.41, 5.74) is 0.208. The van der Waals surface area contributed by atoms with Gasteiger partial charge < -0.3 is 10.1 Å². The highest BCUT2D eigenvalue weighted by molar-refractivity contribution is 7.89. The number of carbonyl (C=O) groups is 2. The number of carbonyl (C=O) groups excluding carboxylic acids is 2. The van der Waals surface area contributed by atoms with Crippen LogP contribution in [-0.2, 0) is 19.6 Å². The molecule has 26 heavy (non-hydrogen) atoms. The first kappa shape index (κ1) is 20.4. The van der Waals surface area contributed by atoms with Crippen molar-refractivity contribution in [2.24, 2.45) is 5.92 Å². The van der Waals surface area contributed by atoms with Crippen LogP contribution in [-0.4, -0.2) is 50.8 Å². The predicted octanol–water partition coefficient (Wildman–Crippen LogP) is 1.79. The van der Waals surface area contributed by atoms with E-state index in [0.717, 1.165) is 19.3 Å². The summed E-state index contributed by atoms with van der Waals surface area (Å²) < 4.78 is 31.6. The molecule has 1 fully saturated rings. The van der Waals surface area contributed by atoms with Crippen LogP contribution in [0.15, 0.2) is 29.2 Å². The lowest BCUT2D eigenvalue weighted by molar-refractivity contribution is -0.124. The van der Waals surface area contributed by atoms with Crippen molar-refractivity contribution in [3.63, 3.8) is 0 Å². The molecule has 7 nitrogen and oxygen atoms in total. The molecule has 1 N–H and O–H groups in total. The molecule has 8 heteroatoms. The van der Waals surface area contributed by atoms with Crippen LogP contribution in [0.1, 0.15) is 43.5 Å². The van der Waals surface area contributed by atoms with Crippen molar-refractivity contribution in [3.05, 3.63) is 29.8 Å². The molecule has 1 aromatic rings. The molecule has 1 aliphatic heterocycles. The summed E-state index contributed by atoms with van der Waals surface area (Å²) in [6, 6.07) is 5.62. The Morgan fingerprint density at radius 1 is 1.12 bits per heavy atom. The van der Waals surface area contributed by atoms with Crippen molar-refractivity contribution < 1.29 is 22.7 Å². The number of benzene rings is 1. The van der Waals surface area contributed by atoms with Crippen LogP contribution in [0, 0.1) is 5.92 Å². The topological polar surface area (TPSA) is 92.8 Å². The van der Waals surface area contributed by atoms with E-state index in [0.29, 0.717) is 25.6 Å². The van der Waals surface area contributed by atoms with Gasteiger partial charge in [-0.2, -0.15) is 4.31 Å². The molecule has 0 radical (unpaired) electrons. The number of amides is 1. The molecule has 1 saturated heterocycles. The number of hydrogen-bond acceptors (Lipinski definition) is 5. The maximum absolute atomic E-state index is 12.6. The molecule has 2 rings (SSSR count). The van der Waals surface area contributed by atoms with Crippen molar-refractivity contribution >= 4 is 21.9 Å². The van der Waals surface area contributed by atoms with Crippen LogP contribution in [0.4, 0.5) is 0 Å². The first-order valence-electron chi connectivity index (χ1n) is 8.84. The first-order chi connectivity index (χ1) is 12.3. The predicted molar refractivity (Wildman–Crippen MR) is 97.2 cm³/mol. The summed E-state index contributed by atoms with van der Waals surface area (Å²) in [4.78, 5) is 23.7. The van der Waals surface area contributed by atoms with Crippen LogP contribution >= 0.6 is 0 Å². The number of piperidine rings is 1. The van der Waals surface area contributed by atoms with E-state index in [1.54, 1.807) is 0 Å². The quantitative estimate of drug-likeness (QED) is 0.726. The number of nitrogens with one attached hydrogen (secondary N) is 1.